The fourth-order valence-electron chi connectivity index (χ4n) is 1.08. The third kappa shape index (κ3) is 1.72. The summed E-state index contributed by atoms with van der Waals surface area (Å²) in [4.78, 5) is 0. The zero-order chi connectivity index (χ0) is 6.81. The van der Waals surface area contributed by atoms with Gasteiger partial charge in [0.15, 0.2) is 0 Å². The summed E-state index contributed by atoms with van der Waals surface area (Å²) >= 11 is 0. The van der Waals surface area contributed by atoms with Gasteiger partial charge in [0.05, 0.1) is 6.26 Å². The topological polar surface area (TPSA) is 9.23 Å². The molecular weight excluding hydrogens is 319 g/mol. The molecule has 0 N–H and O–H groups in total. The summed E-state index contributed by atoms with van der Waals surface area (Å²) in [7, 11) is 0. The summed E-state index contributed by atoms with van der Waals surface area (Å²) in [5.41, 5.74) is 1.27. The third-order valence-corrected chi connectivity index (χ3v) is 1.60. The molecule has 0 aromatic heterocycles. The van der Waals surface area contributed by atoms with Crippen LogP contribution in [0.4, 0.5) is 0 Å². The van der Waals surface area contributed by atoms with Crippen molar-refractivity contribution < 1.29 is 25.8 Å². The van der Waals surface area contributed by atoms with E-state index in [-0.39, 0.29) is 21.1 Å². The van der Waals surface area contributed by atoms with Crippen molar-refractivity contribution in [2.75, 3.05) is 0 Å². The van der Waals surface area contributed by atoms with E-state index in [1.807, 2.05) is 24.3 Å². The van der Waals surface area contributed by atoms with Gasteiger partial charge in [-0.15, -0.1) is 0 Å². The number of para-hydroxylation sites is 1. The average molecular weight is 327 g/mol. The minimum atomic E-state index is 0. The average Bonchev–Trinajstić information content (AvgIpc) is 2.05. The van der Waals surface area contributed by atoms with Crippen molar-refractivity contribution in [3.63, 3.8) is 0 Å². The van der Waals surface area contributed by atoms with E-state index in [9.17, 15) is 0 Å². The van der Waals surface area contributed by atoms with Crippen LogP contribution in [-0.4, -0.2) is 0 Å². The van der Waals surface area contributed by atoms with Crippen LogP contribution in [0.2, 0.25) is 0 Å². The monoisotopic (exact) mass is 327 g/mol. The van der Waals surface area contributed by atoms with Crippen LogP contribution in [0.3, 0.4) is 0 Å². The number of fused-ring (bicyclic) bond motifs is 1. The standard InChI is InChI=1S/C9H8O.Pt/c1-2-6-9-8(4-1)5-3-7-10-9;/h1-4,6-7H,5H2;. The van der Waals surface area contributed by atoms with E-state index in [2.05, 4.69) is 6.07 Å². The SMILES string of the molecule is C1=COc2ccccc2C1.[Pt]. The Morgan fingerprint density at radius 3 is 2.82 bits per heavy atom. The minimum Gasteiger partial charge on any atom is -0.465 e. The molecule has 60 valence electrons. The van der Waals surface area contributed by atoms with Crippen molar-refractivity contribution in [2.45, 2.75) is 6.42 Å². The molecule has 0 fully saturated rings. The summed E-state index contributed by atoms with van der Waals surface area (Å²) in [6, 6.07) is 8.08. The molecule has 2 heteroatoms. The number of hydrogen-bond donors (Lipinski definition) is 0. The summed E-state index contributed by atoms with van der Waals surface area (Å²) in [5, 5.41) is 0. The van der Waals surface area contributed by atoms with Gasteiger partial charge in [-0.2, -0.15) is 0 Å². The van der Waals surface area contributed by atoms with Gasteiger partial charge in [-0.25, -0.2) is 0 Å². The van der Waals surface area contributed by atoms with Crippen molar-refractivity contribution in [3.05, 3.63) is 42.2 Å². The number of ether oxygens (including phenoxy) is 1. The van der Waals surface area contributed by atoms with Crippen molar-refractivity contribution in [3.8, 4) is 5.75 Å². The van der Waals surface area contributed by atoms with Gasteiger partial charge < -0.3 is 4.74 Å². The number of benzene rings is 1. The van der Waals surface area contributed by atoms with Gasteiger partial charge >= 0.3 is 0 Å². The first-order valence-electron chi connectivity index (χ1n) is 3.36. The van der Waals surface area contributed by atoms with Crippen LogP contribution < -0.4 is 4.74 Å². The van der Waals surface area contributed by atoms with Gasteiger partial charge in [-0.3, -0.25) is 0 Å². The Hall–Kier alpha value is -0.552. The molecule has 11 heavy (non-hydrogen) atoms. The zero-order valence-electron chi connectivity index (χ0n) is 5.90. The Labute approximate surface area is 80.3 Å². The van der Waals surface area contributed by atoms with Gasteiger partial charge in [-0.1, -0.05) is 18.2 Å². The molecular formula is C9H8OPt. The van der Waals surface area contributed by atoms with Crippen LogP contribution in [0.25, 0.3) is 0 Å². The Morgan fingerprint density at radius 1 is 1.18 bits per heavy atom. The predicted molar refractivity (Wildman–Crippen MR) is 39.9 cm³/mol. The van der Waals surface area contributed by atoms with Crippen LogP contribution in [0, 0.1) is 0 Å². The maximum absolute atomic E-state index is 5.24. The molecule has 0 amide bonds. The summed E-state index contributed by atoms with van der Waals surface area (Å²) in [5.74, 6) is 0.991. The molecule has 1 aliphatic heterocycles. The molecule has 0 aliphatic carbocycles. The van der Waals surface area contributed by atoms with Gasteiger partial charge in [0.25, 0.3) is 0 Å². The van der Waals surface area contributed by atoms with Crippen LogP contribution in [0.5, 0.6) is 5.75 Å². The molecule has 0 spiro atoms. The molecule has 0 bridgehead atoms. The first-order valence-corrected chi connectivity index (χ1v) is 3.36. The minimum absolute atomic E-state index is 0. The second kappa shape index (κ2) is 3.73. The van der Waals surface area contributed by atoms with Gasteiger partial charge in [0.2, 0.25) is 0 Å². The molecule has 1 aromatic rings. The number of hydrogen-bond acceptors (Lipinski definition) is 1. The Morgan fingerprint density at radius 2 is 2.00 bits per heavy atom. The van der Waals surface area contributed by atoms with Crippen LogP contribution in [0.15, 0.2) is 36.6 Å². The largest absolute Gasteiger partial charge is 0.465 e. The van der Waals surface area contributed by atoms with E-state index in [4.69, 9.17) is 4.74 Å². The van der Waals surface area contributed by atoms with Crippen LogP contribution in [-0.2, 0) is 27.5 Å². The second-order valence-electron chi connectivity index (χ2n) is 2.30. The van der Waals surface area contributed by atoms with Gasteiger partial charge in [-0.05, 0) is 24.1 Å². The van der Waals surface area contributed by atoms with Crippen LogP contribution in [0.1, 0.15) is 5.56 Å². The molecule has 0 unspecified atom stereocenters. The van der Waals surface area contributed by atoms with E-state index in [0.717, 1.165) is 12.2 Å². The van der Waals surface area contributed by atoms with E-state index < -0.39 is 0 Å². The molecule has 0 saturated heterocycles. The molecule has 2 rings (SSSR count). The Kier molecular flexibility index (Phi) is 2.90. The third-order valence-electron chi connectivity index (χ3n) is 1.60. The molecule has 0 atom stereocenters. The molecule has 0 radical (unpaired) electrons. The Balaban J connectivity index is 0.000000605. The van der Waals surface area contributed by atoms with Crippen molar-refractivity contribution in [1.82, 2.24) is 0 Å². The fourth-order valence-corrected chi connectivity index (χ4v) is 1.08. The predicted octanol–water partition coefficient (Wildman–Crippen LogP) is 2.13. The van der Waals surface area contributed by atoms with E-state index in [0.29, 0.717) is 0 Å². The van der Waals surface area contributed by atoms with Gasteiger partial charge in [0, 0.05) is 21.1 Å². The first-order chi connectivity index (χ1) is 4.97. The second-order valence-corrected chi connectivity index (χ2v) is 2.30. The summed E-state index contributed by atoms with van der Waals surface area (Å²) in [6.45, 7) is 0. The number of rotatable bonds is 0. The van der Waals surface area contributed by atoms with E-state index >= 15 is 0 Å². The molecule has 1 nitrogen and oxygen atoms in total. The van der Waals surface area contributed by atoms with E-state index in [1.54, 1.807) is 6.26 Å². The fraction of sp³-hybridized carbons (Fsp3) is 0.111. The maximum atomic E-state index is 5.24. The summed E-state index contributed by atoms with van der Waals surface area (Å²) < 4.78 is 5.24. The maximum Gasteiger partial charge on any atom is 0.130 e. The number of allylic oxidation sites excluding steroid dienone is 1. The molecule has 0 saturated carbocycles. The smallest absolute Gasteiger partial charge is 0.130 e. The zero-order valence-corrected chi connectivity index (χ0v) is 8.17. The van der Waals surface area contributed by atoms with Gasteiger partial charge in [0.1, 0.15) is 5.75 Å². The first kappa shape index (κ1) is 8.54. The molecule has 1 heterocycles. The molecule has 1 aromatic carbocycles. The van der Waals surface area contributed by atoms with Crippen molar-refractivity contribution >= 4 is 0 Å². The van der Waals surface area contributed by atoms with E-state index in [1.165, 1.54) is 5.56 Å². The summed E-state index contributed by atoms with van der Waals surface area (Å²) in [6.07, 6.45) is 4.75. The van der Waals surface area contributed by atoms with Crippen LogP contribution >= 0.6 is 0 Å². The Bertz CT molecular complexity index is 241. The quantitative estimate of drug-likeness (QED) is 0.709. The van der Waals surface area contributed by atoms with Crippen molar-refractivity contribution in [2.24, 2.45) is 0 Å². The normalized spacial score (nSPS) is 12.7. The molecule has 1 aliphatic rings. The van der Waals surface area contributed by atoms with Crippen molar-refractivity contribution in [1.29, 1.82) is 0 Å².